The number of nitrogens with two attached hydrogens (primary N) is 1. The van der Waals surface area contributed by atoms with E-state index in [0.29, 0.717) is 18.9 Å². The minimum absolute atomic E-state index is 0.117. The van der Waals surface area contributed by atoms with Crippen molar-refractivity contribution >= 4 is 16.7 Å². The summed E-state index contributed by atoms with van der Waals surface area (Å²) in [5.74, 6) is 0.577. The summed E-state index contributed by atoms with van der Waals surface area (Å²) < 4.78 is 0. The van der Waals surface area contributed by atoms with Gasteiger partial charge in [-0.05, 0) is 22.3 Å². The molecule has 0 spiro atoms. The fourth-order valence-electron chi connectivity index (χ4n) is 2.92. The molecule has 0 aliphatic carbocycles. The van der Waals surface area contributed by atoms with E-state index >= 15 is 0 Å². The number of carbonyl (C=O) groups is 1. The average Bonchev–Trinajstić information content (AvgIpc) is 2.79. The number of nitrogens with zero attached hydrogens (tertiary/aromatic N) is 1. The van der Waals surface area contributed by atoms with Crippen LogP contribution in [-0.4, -0.2) is 29.9 Å². The standard InChI is InChI=1S/C17H20N2O/c1-12-10-19(11-16(12)18)17(20)9-14-7-4-6-13-5-2-3-8-15(13)14/h2-8,12,16H,9-11,18H2,1H3. The molecular formula is C17H20N2O. The number of hydrogen-bond donors (Lipinski definition) is 1. The molecule has 3 rings (SSSR count). The molecule has 1 aliphatic rings. The van der Waals surface area contributed by atoms with Crippen LogP contribution in [0.2, 0.25) is 0 Å². The average molecular weight is 268 g/mol. The monoisotopic (exact) mass is 268 g/mol. The summed E-state index contributed by atoms with van der Waals surface area (Å²) in [6.45, 7) is 3.57. The van der Waals surface area contributed by atoms with Crippen LogP contribution in [0.15, 0.2) is 42.5 Å². The Hall–Kier alpha value is -1.87. The van der Waals surface area contributed by atoms with Crippen molar-refractivity contribution in [3.05, 3.63) is 48.0 Å². The SMILES string of the molecule is CC1CN(C(=O)Cc2cccc3ccccc23)CC1N. The van der Waals surface area contributed by atoms with Gasteiger partial charge in [-0.3, -0.25) is 4.79 Å². The van der Waals surface area contributed by atoms with Crippen molar-refractivity contribution in [3.63, 3.8) is 0 Å². The summed E-state index contributed by atoms with van der Waals surface area (Å²) in [7, 11) is 0. The third-order valence-electron chi connectivity index (χ3n) is 4.24. The van der Waals surface area contributed by atoms with E-state index in [1.807, 2.05) is 29.2 Å². The molecule has 2 aromatic rings. The molecule has 1 fully saturated rings. The van der Waals surface area contributed by atoms with Gasteiger partial charge in [-0.1, -0.05) is 49.4 Å². The van der Waals surface area contributed by atoms with Gasteiger partial charge in [0.2, 0.25) is 5.91 Å². The lowest BCUT2D eigenvalue weighted by Crippen LogP contribution is -2.33. The Labute approximate surface area is 119 Å². The van der Waals surface area contributed by atoms with Crippen LogP contribution in [0.1, 0.15) is 12.5 Å². The van der Waals surface area contributed by atoms with E-state index in [4.69, 9.17) is 5.73 Å². The maximum Gasteiger partial charge on any atom is 0.227 e. The Morgan fingerprint density at radius 2 is 1.95 bits per heavy atom. The Morgan fingerprint density at radius 3 is 2.70 bits per heavy atom. The highest BCUT2D eigenvalue weighted by Crippen LogP contribution is 2.21. The number of benzene rings is 2. The van der Waals surface area contributed by atoms with Gasteiger partial charge in [0.15, 0.2) is 0 Å². The van der Waals surface area contributed by atoms with Crippen molar-refractivity contribution in [1.29, 1.82) is 0 Å². The Morgan fingerprint density at radius 1 is 1.20 bits per heavy atom. The Balaban J connectivity index is 1.81. The first-order chi connectivity index (χ1) is 9.65. The number of hydrogen-bond acceptors (Lipinski definition) is 2. The molecule has 20 heavy (non-hydrogen) atoms. The molecule has 2 aromatic carbocycles. The minimum Gasteiger partial charge on any atom is -0.341 e. The summed E-state index contributed by atoms with van der Waals surface area (Å²) in [5.41, 5.74) is 7.09. The normalized spacial score (nSPS) is 22.4. The number of rotatable bonds is 2. The molecule has 0 saturated carbocycles. The molecule has 1 amide bonds. The van der Waals surface area contributed by atoms with Gasteiger partial charge < -0.3 is 10.6 Å². The van der Waals surface area contributed by atoms with E-state index in [2.05, 4.69) is 25.1 Å². The van der Waals surface area contributed by atoms with Crippen LogP contribution < -0.4 is 5.73 Å². The second-order valence-electron chi connectivity index (χ2n) is 5.75. The van der Waals surface area contributed by atoms with Gasteiger partial charge in [0.25, 0.3) is 0 Å². The molecule has 2 unspecified atom stereocenters. The number of amides is 1. The smallest absolute Gasteiger partial charge is 0.227 e. The summed E-state index contributed by atoms with van der Waals surface area (Å²) in [4.78, 5) is 14.3. The van der Waals surface area contributed by atoms with Crippen molar-refractivity contribution in [1.82, 2.24) is 4.90 Å². The summed E-state index contributed by atoms with van der Waals surface area (Å²) in [6, 6.07) is 14.5. The lowest BCUT2D eigenvalue weighted by Gasteiger charge is -2.16. The molecule has 104 valence electrons. The van der Waals surface area contributed by atoms with Crippen LogP contribution >= 0.6 is 0 Å². The third kappa shape index (κ3) is 2.41. The summed E-state index contributed by atoms with van der Waals surface area (Å²) >= 11 is 0. The Kier molecular flexibility index (Phi) is 3.45. The first-order valence-electron chi connectivity index (χ1n) is 7.15. The van der Waals surface area contributed by atoms with Gasteiger partial charge in [-0.25, -0.2) is 0 Å². The van der Waals surface area contributed by atoms with Gasteiger partial charge in [-0.2, -0.15) is 0 Å². The molecule has 1 saturated heterocycles. The molecule has 3 nitrogen and oxygen atoms in total. The molecular weight excluding hydrogens is 248 g/mol. The van der Waals surface area contributed by atoms with Crippen LogP contribution in [0.25, 0.3) is 10.8 Å². The minimum atomic E-state index is 0.117. The molecule has 2 N–H and O–H groups in total. The number of likely N-dealkylation sites (tertiary alicyclic amines) is 1. The zero-order valence-electron chi connectivity index (χ0n) is 11.8. The van der Waals surface area contributed by atoms with E-state index in [1.54, 1.807) is 0 Å². The fourth-order valence-corrected chi connectivity index (χ4v) is 2.92. The second kappa shape index (κ2) is 5.25. The van der Waals surface area contributed by atoms with E-state index < -0.39 is 0 Å². The largest absolute Gasteiger partial charge is 0.341 e. The highest BCUT2D eigenvalue weighted by atomic mass is 16.2. The molecule has 1 heterocycles. The predicted octanol–water partition coefficient (Wildman–Crippen LogP) is 2.19. The molecule has 3 heteroatoms. The van der Waals surface area contributed by atoms with Crippen LogP contribution in [0, 0.1) is 5.92 Å². The predicted molar refractivity (Wildman–Crippen MR) is 81.4 cm³/mol. The molecule has 0 aromatic heterocycles. The summed E-state index contributed by atoms with van der Waals surface area (Å²) in [6.07, 6.45) is 0.459. The van der Waals surface area contributed by atoms with Crippen LogP contribution in [-0.2, 0) is 11.2 Å². The molecule has 0 radical (unpaired) electrons. The third-order valence-corrected chi connectivity index (χ3v) is 4.24. The van der Waals surface area contributed by atoms with Crippen molar-refractivity contribution in [2.75, 3.05) is 13.1 Å². The van der Waals surface area contributed by atoms with Crippen LogP contribution in [0.4, 0.5) is 0 Å². The van der Waals surface area contributed by atoms with E-state index in [9.17, 15) is 4.79 Å². The molecule has 2 atom stereocenters. The first kappa shape index (κ1) is 13.1. The first-order valence-corrected chi connectivity index (χ1v) is 7.15. The topological polar surface area (TPSA) is 46.3 Å². The molecule has 1 aliphatic heterocycles. The lowest BCUT2D eigenvalue weighted by atomic mass is 10.0. The van der Waals surface area contributed by atoms with Crippen molar-refractivity contribution in [3.8, 4) is 0 Å². The van der Waals surface area contributed by atoms with Gasteiger partial charge in [0.1, 0.15) is 0 Å². The van der Waals surface area contributed by atoms with Crippen molar-refractivity contribution in [2.24, 2.45) is 11.7 Å². The highest BCUT2D eigenvalue weighted by Gasteiger charge is 2.29. The fraction of sp³-hybridized carbons (Fsp3) is 0.353. The van der Waals surface area contributed by atoms with Crippen molar-refractivity contribution < 1.29 is 4.79 Å². The van der Waals surface area contributed by atoms with E-state index in [-0.39, 0.29) is 11.9 Å². The lowest BCUT2D eigenvalue weighted by molar-refractivity contribution is -0.129. The maximum absolute atomic E-state index is 12.4. The van der Waals surface area contributed by atoms with E-state index in [0.717, 1.165) is 12.1 Å². The van der Waals surface area contributed by atoms with Crippen LogP contribution in [0.5, 0.6) is 0 Å². The summed E-state index contributed by atoms with van der Waals surface area (Å²) in [5, 5.41) is 2.35. The molecule has 0 bridgehead atoms. The maximum atomic E-state index is 12.4. The van der Waals surface area contributed by atoms with Gasteiger partial charge in [0.05, 0.1) is 6.42 Å². The van der Waals surface area contributed by atoms with E-state index in [1.165, 1.54) is 10.8 Å². The van der Waals surface area contributed by atoms with Gasteiger partial charge >= 0.3 is 0 Å². The number of fused-ring (bicyclic) bond motifs is 1. The number of carbonyl (C=O) groups excluding carboxylic acids is 1. The zero-order valence-corrected chi connectivity index (χ0v) is 11.8. The van der Waals surface area contributed by atoms with Crippen LogP contribution in [0.3, 0.4) is 0 Å². The zero-order chi connectivity index (χ0) is 14.1. The highest BCUT2D eigenvalue weighted by molar-refractivity contribution is 5.90. The van der Waals surface area contributed by atoms with Crippen molar-refractivity contribution in [2.45, 2.75) is 19.4 Å². The quantitative estimate of drug-likeness (QED) is 0.907. The second-order valence-corrected chi connectivity index (χ2v) is 5.75. The van der Waals surface area contributed by atoms with Gasteiger partial charge in [-0.15, -0.1) is 0 Å². The van der Waals surface area contributed by atoms with Gasteiger partial charge in [0, 0.05) is 19.1 Å². The Bertz CT molecular complexity index is 622.